The van der Waals surface area contributed by atoms with Gasteiger partial charge in [-0.3, -0.25) is 0 Å². The van der Waals surface area contributed by atoms with E-state index in [1.54, 1.807) is 13.8 Å². The zero-order valence-electron chi connectivity index (χ0n) is 15.1. The van der Waals surface area contributed by atoms with E-state index in [4.69, 9.17) is 0 Å². The SMILES string of the molecule is C[N-]C(C)CC([N-]C)C(F)(F)F.C[N-]C(C)CC([N-]C)C(F)(F)F.[Cu]. The van der Waals surface area contributed by atoms with Gasteiger partial charge in [-0.2, -0.15) is 54.5 Å². The number of hydrogen-bond donors (Lipinski definition) is 0. The molecule has 4 atom stereocenters. The molecule has 0 rings (SSSR count). The van der Waals surface area contributed by atoms with Crippen LogP contribution in [0, 0.1) is 0 Å². The Morgan fingerprint density at radius 1 is 0.600 bits per heavy atom. The van der Waals surface area contributed by atoms with Crippen LogP contribution in [0.3, 0.4) is 0 Å². The van der Waals surface area contributed by atoms with Gasteiger partial charge in [0.2, 0.25) is 0 Å². The van der Waals surface area contributed by atoms with Crippen LogP contribution in [0.4, 0.5) is 26.3 Å². The molecule has 0 aromatic heterocycles. The van der Waals surface area contributed by atoms with Crippen LogP contribution < -0.4 is 0 Å². The second-order valence-corrected chi connectivity index (χ2v) is 5.32. The minimum absolute atomic E-state index is 0. The molecule has 0 saturated heterocycles. The van der Waals surface area contributed by atoms with E-state index in [1.807, 2.05) is 0 Å². The first-order valence-electron chi connectivity index (χ1n) is 7.32. The minimum Gasteiger partial charge on any atom is -0.663 e. The Morgan fingerprint density at radius 2 is 0.840 bits per heavy atom. The fourth-order valence-corrected chi connectivity index (χ4v) is 1.63. The standard InChI is InChI=1S/2C7H13F3N2.Cu/c2*1-5(11-2)4-6(12-3)7(8,9)10;/h2*5-6H,4H2,1-3H3;/q2*-2;. The van der Waals surface area contributed by atoms with E-state index in [2.05, 4.69) is 21.3 Å². The summed E-state index contributed by atoms with van der Waals surface area (Å²) in [5.74, 6) is 0. The zero-order valence-corrected chi connectivity index (χ0v) is 16.0. The molecule has 0 amide bonds. The summed E-state index contributed by atoms with van der Waals surface area (Å²) in [5.41, 5.74) is 0. The molecule has 159 valence electrons. The van der Waals surface area contributed by atoms with Crippen molar-refractivity contribution < 1.29 is 43.4 Å². The van der Waals surface area contributed by atoms with Gasteiger partial charge in [0.1, 0.15) is 0 Å². The molecule has 0 aliphatic rings. The van der Waals surface area contributed by atoms with Crippen molar-refractivity contribution in [3.05, 3.63) is 21.3 Å². The largest absolute Gasteiger partial charge is 0.663 e. The third kappa shape index (κ3) is 14.8. The van der Waals surface area contributed by atoms with Gasteiger partial charge in [0.05, 0.1) is 0 Å². The molecule has 0 aliphatic heterocycles. The Kier molecular flexibility index (Phi) is 16.7. The number of rotatable bonds is 8. The summed E-state index contributed by atoms with van der Waals surface area (Å²) in [5, 5.41) is 14.0. The maximum absolute atomic E-state index is 12.1. The van der Waals surface area contributed by atoms with Crippen LogP contribution >= 0.6 is 0 Å². The van der Waals surface area contributed by atoms with Crippen LogP contribution in [-0.4, -0.2) is 64.7 Å². The van der Waals surface area contributed by atoms with Gasteiger partial charge in [0.15, 0.2) is 0 Å². The van der Waals surface area contributed by atoms with E-state index >= 15 is 0 Å². The van der Waals surface area contributed by atoms with Gasteiger partial charge in [0, 0.05) is 17.1 Å². The second-order valence-electron chi connectivity index (χ2n) is 5.32. The molecule has 1 radical (unpaired) electrons. The normalized spacial score (nSPS) is 16.8. The molecule has 0 fully saturated rings. The maximum atomic E-state index is 12.1. The average Bonchev–Trinajstić information content (AvgIpc) is 2.47. The van der Waals surface area contributed by atoms with Gasteiger partial charge in [-0.25, -0.2) is 0 Å². The van der Waals surface area contributed by atoms with Crippen LogP contribution in [0.25, 0.3) is 21.3 Å². The predicted octanol–water partition coefficient (Wildman–Crippen LogP) is 5.40. The predicted molar refractivity (Wildman–Crippen MR) is 85.0 cm³/mol. The van der Waals surface area contributed by atoms with Crippen LogP contribution in [0.15, 0.2) is 0 Å². The Hall–Kier alpha value is -0.0605. The summed E-state index contributed by atoms with van der Waals surface area (Å²) in [6.45, 7) is 3.29. The Labute approximate surface area is 156 Å². The topological polar surface area (TPSA) is 56.4 Å². The average molecular weight is 428 g/mol. The third-order valence-corrected chi connectivity index (χ3v) is 3.39. The molecule has 0 N–H and O–H groups in total. The molecule has 0 heterocycles. The Bertz CT molecular complexity index is 285. The van der Waals surface area contributed by atoms with Gasteiger partial charge < -0.3 is 21.3 Å². The van der Waals surface area contributed by atoms with E-state index in [0.717, 1.165) is 0 Å². The summed E-state index contributed by atoms with van der Waals surface area (Å²) in [4.78, 5) is 0. The molecule has 25 heavy (non-hydrogen) atoms. The van der Waals surface area contributed by atoms with Crippen LogP contribution in [0.5, 0.6) is 0 Å². The summed E-state index contributed by atoms with van der Waals surface area (Å²) in [7, 11) is 5.38. The van der Waals surface area contributed by atoms with Crippen molar-refractivity contribution >= 4 is 0 Å². The number of nitrogens with zero attached hydrogens (tertiary/aromatic N) is 4. The second kappa shape index (κ2) is 14.1. The molecule has 11 heteroatoms. The molecule has 0 aromatic rings. The molecule has 4 unspecified atom stereocenters. The van der Waals surface area contributed by atoms with E-state index in [0.29, 0.717) is 0 Å². The van der Waals surface area contributed by atoms with Gasteiger partial charge in [-0.1, -0.05) is 26.7 Å². The monoisotopic (exact) mass is 427 g/mol. The quantitative estimate of drug-likeness (QED) is 0.367. The number of alkyl halides is 6. The molecule has 0 saturated carbocycles. The van der Waals surface area contributed by atoms with Crippen molar-refractivity contribution in [1.82, 2.24) is 0 Å². The summed E-state index contributed by atoms with van der Waals surface area (Å²) in [6, 6.07) is -3.73. The van der Waals surface area contributed by atoms with Crippen molar-refractivity contribution in [2.45, 2.75) is 63.2 Å². The van der Waals surface area contributed by atoms with Crippen molar-refractivity contribution in [3.63, 3.8) is 0 Å². The fraction of sp³-hybridized carbons (Fsp3) is 1.00. The van der Waals surface area contributed by atoms with E-state index in [1.165, 1.54) is 28.2 Å². The van der Waals surface area contributed by atoms with Gasteiger partial charge in [0.25, 0.3) is 0 Å². The number of hydrogen-bond acceptors (Lipinski definition) is 0. The Balaban J connectivity index is -0.000000372. The maximum Gasteiger partial charge on any atom is 0.373 e. The van der Waals surface area contributed by atoms with Crippen molar-refractivity contribution in [1.29, 1.82) is 0 Å². The van der Waals surface area contributed by atoms with Gasteiger partial charge in [-0.15, -0.1) is 12.1 Å². The molecule has 4 nitrogen and oxygen atoms in total. The minimum atomic E-state index is -4.23. The smallest absolute Gasteiger partial charge is 0.373 e. The van der Waals surface area contributed by atoms with Crippen LogP contribution in [0.2, 0.25) is 0 Å². The third-order valence-electron chi connectivity index (χ3n) is 3.39. The summed E-state index contributed by atoms with van der Waals surface area (Å²) >= 11 is 0. The first-order chi connectivity index (χ1) is 10.8. The number of halogens is 6. The molecular weight excluding hydrogens is 402 g/mol. The van der Waals surface area contributed by atoms with Crippen LogP contribution in [0.1, 0.15) is 26.7 Å². The Morgan fingerprint density at radius 3 is 0.960 bits per heavy atom. The first-order valence-corrected chi connectivity index (χ1v) is 7.32. The zero-order chi connectivity index (χ0) is 19.6. The molecule has 0 bridgehead atoms. The molecule has 0 aliphatic carbocycles. The fourth-order valence-electron chi connectivity index (χ4n) is 1.63. The van der Waals surface area contributed by atoms with Crippen molar-refractivity contribution in [2.75, 3.05) is 28.2 Å². The summed E-state index contributed by atoms with van der Waals surface area (Å²) < 4.78 is 72.5. The van der Waals surface area contributed by atoms with Crippen LogP contribution in [-0.2, 0) is 17.1 Å². The van der Waals surface area contributed by atoms with E-state index < -0.39 is 24.4 Å². The molecule has 0 spiro atoms. The first kappa shape index (κ1) is 29.7. The van der Waals surface area contributed by atoms with Crippen molar-refractivity contribution in [2.24, 2.45) is 0 Å². The van der Waals surface area contributed by atoms with E-state index in [-0.39, 0.29) is 42.0 Å². The van der Waals surface area contributed by atoms with Gasteiger partial charge in [-0.05, 0) is 12.1 Å². The molecule has 0 aromatic carbocycles. The van der Waals surface area contributed by atoms with Crippen molar-refractivity contribution in [3.8, 4) is 0 Å². The summed E-state index contributed by atoms with van der Waals surface area (Å²) in [6.07, 6.45) is -8.57. The van der Waals surface area contributed by atoms with Gasteiger partial charge >= 0.3 is 12.4 Å². The van der Waals surface area contributed by atoms with E-state index in [9.17, 15) is 26.3 Å². The molecular formula is C14H26CuF6N4-4.